The van der Waals surface area contributed by atoms with E-state index >= 15 is 0 Å². The zero-order chi connectivity index (χ0) is 13.8. The van der Waals surface area contributed by atoms with E-state index in [9.17, 15) is 4.79 Å². The Morgan fingerprint density at radius 3 is 2.30 bits per heavy atom. The maximum absolute atomic E-state index is 11.8. The quantitative estimate of drug-likeness (QED) is 0.789. The third-order valence-corrected chi connectivity index (χ3v) is 3.78. The van der Waals surface area contributed by atoms with Crippen LogP contribution in [0.5, 0.6) is 0 Å². The summed E-state index contributed by atoms with van der Waals surface area (Å²) in [4.78, 5) is 11.8. The van der Waals surface area contributed by atoms with E-state index < -0.39 is 0 Å². The van der Waals surface area contributed by atoms with Crippen LogP contribution in [-0.2, 0) is 0 Å². The average molecular weight is 275 g/mol. The van der Waals surface area contributed by atoms with E-state index in [4.69, 9.17) is 0 Å². The Balaban J connectivity index is 1.47. The van der Waals surface area contributed by atoms with Gasteiger partial charge in [-0.15, -0.1) is 10.2 Å². The van der Waals surface area contributed by atoms with Crippen LogP contribution in [0.25, 0.3) is 0 Å². The SMILES string of the molecule is O=C(Nc1ccc(NC2CC2)nn1)NC1CCCCC1. The van der Waals surface area contributed by atoms with E-state index in [0.717, 1.165) is 18.7 Å². The van der Waals surface area contributed by atoms with Crippen molar-refractivity contribution in [3.8, 4) is 0 Å². The van der Waals surface area contributed by atoms with Crippen LogP contribution in [0, 0.1) is 0 Å². The van der Waals surface area contributed by atoms with Gasteiger partial charge in [-0.25, -0.2) is 4.79 Å². The van der Waals surface area contributed by atoms with Gasteiger partial charge in [-0.1, -0.05) is 19.3 Å². The number of urea groups is 1. The van der Waals surface area contributed by atoms with Gasteiger partial charge in [0, 0.05) is 12.1 Å². The standard InChI is InChI=1S/C14H21N5O/c20-14(16-10-4-2-1-3-5-10)17-13-9-8-12(18-19-13)15-11-6-7-11/h8-11H,1-7H2,(H,15,18)(H2,16,17,19,20). The molecule has 2 aliphatic carbocycles. The highest BCUT2D eigenvalue weighted by Crippen LogP contribution is 2.23. The Morgan fingerprint density at radius 2 is 1.65 bits per heavy atom. The molecule has 3 N–H and O–H groups in total. The van der Waals surface area contributed by atoms with Crippen LogP contribution < -0.4 is 16.0 Å². The van der Waals surface area contributed by atoms with E-state index in [1.54, 1.807) is 6.07 Å². The summed E-state index contributed by atoms with van der Waals surface area (Å²) < 4.78 is 0. The summed E-state index contributed by atoms with van der Waals surface area (Å²) in [7, 11) is 0. The van der Waals surface area contributed by atoms with Crippen molar-refractivity contribution in [3.05, 3.63) is 12.1 Å². The van der Waals surface area contributed by atoms with E-state index in [1.807, 2.05) is 6.07 Å². The molecule has 3 rings (SSSR count). The summed E-state index contributed by atoms with van der Waals surface area (Å²) in [6.07, 6.45) is 8.23. The number of nitrogens with one attached hydrogen (secondary N) is 3. The summed E-state index contributed by atoms with van der Waals surface area (Å²) in [5, 5.41) is 17.0. The first-order valence-electron chi connectivity index (χ1n) is 7.47. The van der Waals surface area contributed by atoms with Gasteiger partial charge in [0.25, 0.3) is 0 Å². The molecule has 0 spiro atoms. The van der Waals surface area contributed by atoms with Gasteiger partial charge < -0.3 is 10.6 Å². The van der Waals surface area contributed by atoms with Crippen LogP contribution in [0.3, 0.4) is 0 Å². The number of hydrogen-bond acceptors (Lipinski definition) is 4. The maximum Gasteiger partial charge on any atom is 0.320 e. The van der Waals surface area contributed by atoms with Gasteiger partial charge >= 0.3 is 6.03 Å². The molecule has 2 fully saturated rings. The van der Waals surface area contributed by atoms with Crippen LogP contribution in [0.4, 0.5) is 16.4 Å². The van der Waals surface area contributed by atoms with E-state index in [-0.39, 0.29) is 6.03 Å². The highest BCUT2D eigenvalue weighted by atomic mass is 16.2. The normalized spacial score (nSPS) is 19.4. The zero-order valence-corrected chi connectivity index (χ0v) is 11.6. The average Bonchev–Trinajstić information content (AvgIpc) is 3.26. The minimum Gasteiger partial charge on any atom is -0.366 e. The number of rotatable bonds is 4. The fraction of sp³-hybridized carbons (Fsp3) is 0.643. The second-order valence-electron chi connectivity index (χ2n) is 5.66. The highest BCUT2D eigenvalue weighted by molar-refractivity contribution is 5.88. The minimum atomic E-state index is -0.186. The van der Waals surface area contributed by atoms with Gasteiger partial charge in [0.2, 0.25) is 0 Å². The molecular weight excluding hydrogens is 254 g/mol. The molecule has 2 saturated carbocycles. The first kappa shape index (κ1) is 13.1. The minimum absolute atomic E-state index is 0.186. The Labute approximate surface area is 118 Å². The lowest BCUT2D eigenvalue weighted by Gasteiger charge is -2.22. The smallest absolute Gasteiger partial charge is 0.320 e. The molecule has 1 heterocycles. The second-order valence-corrected chi connectivity index (χ2v) is 5.66. The van der Waals surface area contributed by atoms with Crippen LogP contribution in [-0.4, -0.2) is 28.3 Å². The van der Waals surface area contributed by atoms with Gasteiger partial charge in [0.15, 0.2) is 5.82 Å². The van der Waals surface area contributed by atoms with Crippen molar-refractivity contribution in [2.24, 2.45) is 0 Å². The molecule has 6 nitrogen and oxygen atoms in total. The van der Waals surface area contributed by atoms with E-state index in [2.05, 4.69) is 26.1 Å². The number of anilines is 2. The van der Waals surface area contributed by atoms with Crippen molar-refractivity contribution in [1.82, 2.24) is 15.5 Å². The third-order valence-electron chi connectivity index (χ3n) is 3.78. The van der Waals surface area contributed by atoms with Gasteiger partial charge in [-0.05, 0) is 37.8 Å². The van der Waals surface area contributed by atoms with E-state index in [1.165, 1.54) is 32.1 Å². The van der Waals surface area contributed by atoms with Crippen LogP contribution in [0.2, 0.25) is 0 Å². The first-order valence-corrected chi connectivity index (χ1v) is 7.47. The second kappa shape index (κ2) is 6.07. The predicted molar refractivity (Wildman–Crippen MR) is 77.7 cm³/mol. The number of carbonyl (C=O) groups is 1. The fourth-order valence-electron chi connectivity index (χ4n) is 2.50. The number of nitrogens with zero attached hydrogens (tertiary/aromatic N) is 2. The Hall–Kier alpha value is -1.85. The summed E-state index contributed by atoms with van der Waals surface area (Å²) in [6, 6.07) is 4.29. The van der Waals surface area contributed by atoms with Crippen LogP contribution in [0.1, 0.15) is 44.9 Å². The van der Waals surface area contributed by atoms with Crippen LogP contribution in [0.15, 0.2) is 12.1 Å². The number of aromatic nitrogens is 2. The fourth-order valence-corrected chi connectivity index (χ4v) is 2.50. The van der Waals surface area contributed by atoms with Gasteiger partial charge in [0.1, 0.15) is 5.82 Å². The van der Waals surface area contributed by atoms with Gasteiger partial charge in [-0.2, -0.15) is 0 Å². The topological polar surface area (TPSA) is 78.9 Å². The Morgan fingerprint density at radius 1 is 0.950 bits per heavy atom. The van der Waals surface area contributed by atoms with Crippen molar-refractivity contribution >= 4 is 17.7 Å². The molecule has 2 aliphatic rings. The van der Waals surface area contributed by atoms with Crippen LogP contribution >= 0.6 is 0 Å². The van der Waals surface area contributed by atoms with Gasteiger partial charge in [-0.3, -0.25) is 5.32 Å². The monoisotopic (exact) mass is 275 g/mol. The molecule has 108 valence electrons. The molecule has 0 saturated heterocycles. The summed E-state index contributed by atoms with van der Waals surface area (Å²) >= 11 is 0. The van der Waals surface area contributed by atoms with Crippen molar-refractivity contribution in [1.29, 1.82) is 0 Å². The van der Waals surface area contributed by atoms with Gasteiger partial charge in [0.05, 0.1) is 0 Å². The van der Waals surface area contributed by atoms with Crippen molar-refractivity contribution in [2.75, 3.05) is 10.6 Å². The molecule has 20 heavy (non-hydrogen) atoms. The zero-order valence-electron chi connectivity index (χ0n) is 11.6. The largest absolute Gasteiger partial charge is 0.366 e. The molecule has 0 bridgehead atoms. The summed E-state index contributed by atoms with van der Waals surface area (Å²) in [6.45, 7) is 0. The lowest BCUT2D eigenvalue weighted by atomic mass is 9.96. The summed E-state index contributed by atoms with van der Waals surface area (Å²) in [5.41, 5.74) is 0. The van der Waals surface area contributed by atoms with E-state index in [0.29, 0.717) is 17.9 Å². The number of hydrogen-bond donors (Lipinski definition) is 3. The van der Waals surface area contributed by atoms with Crippen molar-refractivity contribution < 1.29 is 4.79 Å². The Bertz CT molecular complexity index is 451. The molecule has 0 aliphatic heterocycles. The summed E-state index contributed by atoms with van der Waals surface area (Å²) in [5.74, 6) is 1.25. The lowest BCUT2D eigenvalue weighted by Crippen LogP contribution is -2.39. The third kappa shape index (κ3) is 3.82. The van der Waals surface area contributed by atoms with Crippen molar-refractivity contribution in [2.45, 2.75) is 57.0 Å². The molecule has 1 aromatic rings. The Kier molecular flexibility index (Phi) is 3.99. The predicted octanol–water partition coefficient (Wildman–Crippen LogP) is 2.51. The highest BCUT2D eigenvalue weighted by Gasteiger charge is 2.21. The maximum atomic E-state index is 11.8. The molecular formula is C14H21N5O. The first-order chi connectivity index (χ1) is 9.79. The molecule has 6 heteroatoms. The molecule has 2 amide bonds. The van der Waals surface area contributed by atoms with Crippen molar-refractivity contribution in [3.63, 3.8) is 0 Å². The molecule has 0 unspecified atom stereocenters. The number of amides is 2. The molecule has 0 atom stereocenters. The molecule has 0 radical (unpaired) electrons. The number of carbonyl (C=O) groups excluding carboxylic acids is 1. The molecule has 1 aromatic heterocycles. The lowest BCUT2D eigenvalue weighted by molar-refractivity contribution is 0.244. The molecule has 0 aromatic carbocycles.